The highest BCUT2D eigenvalue weighted by atomic mass is 16.6. The Kier molecular flexibility index (Phi) is 17.9. The van der Waals surface area contributed by atoms with Crippen LogP contribution in [-0.4, -0.2) is 49.8 Å². The van der Waals surface area contributed by atoms with Gasteiger partial charge in [0.1, 0.15) is 19.3 Å². The van der Waals surface area contributed by atoms with Crippen molar-refractivity contribution in [2.75, 3.05) is 19.8 Å². The Balaban J connectivity index is 1.49. The molecule has 0 spiro atoms. The molecule has 0 radical (unpaired) electrons. The summed E-state index contributed by atoms with van der Waals surface area (Å²) in [6, 6.07) is -0.102. The van der Waals surface area contributed by atoms with Gasteiger partial charge < -0.3 is 19.5 Å². The zero-order valence-electron chi connectivity index (χ0n) is 32.0. The minimum absolute atomic E-state index is 0.102. The monoisotopic (exact) mass is 686 g/mol. The minimum atomic E-state index is -0.509. The average molecular weight is 686 g/mol. The number of carbonyl (C=O) groups is 3. The molecule has 0 aromatic rings. The van der Waals surface area contributed by atoms with E-state index in [1.165, 1.54) is 116 Å². The normalized spacial score (nSPS) is 27.3. The van der Waals surface area contributed by atoms with Crippen LogP contribution in [0.4, 0.5) is 0 Å². The second-order valence-electron chi connectivity index (χ2n) is 16.0. The lowest BCUT2D eigenvalue weighted by Crippen LogP contribution is -2.59. The van der Waals surface area contributed by atoms with Gasteiger partial charge in [0, 0.05) is 25.3 Å². The number of allylic oxidation sites excluding steroid dienone is 1. The van der Waals surface area contributed by atoms with Crippen molar-refractivity contribution in [2.45, 2.75) is 182 Å². The van der Waals surface area contributed by atoms with Crippen LogP contribution in [0, 0.1) is 22.7 Å². The highest BCUT2D eigenvalue weighted by Gasteiger charge is 2.60. The first kappa shape index (κ1) is 41.3. The van der Waals surface area contributed by atoms with Gasteiger partial charge in [0.25, 0.3) is 0 Å². The molecule has 0 aromatic carbocycles. The quantitative estimate of drug-likeness (QED) is 0.0468. The smallest absolute Gasteiger partial charge is 0.335 e. The van der Waals surface area contributed by atoms with Crippen molar-refractivity contribution in [3.63, 3.8) is 0 Å². The summed E-state index contributed by atoms with van der Waals surface area (Å²) in [5, 5.41) is 3.77. The lowest BCUT2D eigenvalue weighted by molar-refractivity contribution is -0.191. The molecule has 0 bridgehead atoms. The maximum Gasteiger partial charge on any atom is 0.335 e. The van der Waals surface area contributed by atoms with Gasteiger partial charge in [-0.3, -0.25) is 9.59 Å². The predicted molar refractivity (Wildman–Crippen MR) is 198 cm³/mol. The molecule has 2 aliphatic carbocycles. The molecule has 0 aromatic heterocycles. The second kappa shape index (κ2) is 21.3. The van der Waals surface area contributed by atoms with Crippen LogP contribution in [0.25, 0.3) is 0 Å². The van der Waals surface area contributed by atoms with E-state index in [2.05, 4.69) is 32.7 Å². The van der Waals surface area contributed by atoms with E-state index in [9.17, 15) is 14.4 Å². The number of carbonyl (C=O) groups excluding carboxylic acids is 3. The summed E-state index contributed by atoms with van der Waals surface area (Å²) < 4.78 is 16.9. The molecular formula is C42H71NO6. The molecule has 1 aliphatic heterocycles. The first-order chi connectivity index (χ1) is 23.5. The molecule has 3 aliphatic rings. The number of cyclic esters (lactones) is 1. The SMILES string of the molecule is C=C1CC[C@@H]2[C@](C)(COC(C)=O)[C@H](OC(C)=O)CC[C@@]2(C)[C@@H]1CC(NCCCCCCCCCCCCCCCCCC)C1=CCOC1=O. The molecule has 7 nitrogen and oxygen atoms in total. The summed E-state index contributed by atoms with van der Waals surface area (Å²) in [5.41, 5.74) is 1.32. The molecule has 1 heterocycles. The summed E-state index contributed by atoms with van der Waals surface area (Å²) in [7, 11) is 0. The van der Waals surface area contributed by atoms with Gasteiger partial charge in [-0.1, -0.05) is 129 Å². The van der Waals surface area contributed by atoms with E-state index in [4.69, 9.17) is 14.2 Å². The molecular weight excluding hydrogens is 614 g/mol. The van der Waals surface area contributed by atoms with E-state index >= 15 is 0 Å². The molecule has 3 rings (SSSR count). The van der Waals surface area contributed by atoms with Crippen LogP contribution in [0.15, 0.2) is 23.8 Å². The Morgan fingerprint density at radius 2 is 1.47 bits per heavy atom. The fourth-order valence-corrected chi connectivity index (χ4v) is 9.41. The van der Waals surface area contributed by atoms with Crippen LogP contribution >= 0.6 is 0 Å². The Labute approximate surface area is 299 Å². The van der Waals surface area contributed by atoms with Crippen molar-refractivity contribution in [1.29, 1.82) is 0 Å². The molecule has 1 N–H and O–H groups in total. The van der Waals surface area contributed by atoms with E-state index in [1.807, 2.05) is 6.08 Å². The lowest BCUT2D eigenvalue weighted by Gasteiger charge is -2.60. The van der Waals surface area contributed by atoms with Crippen LogP contribution in [0.1, 0.15) is 169 Å². The summed E-state index contributed by atoms with van der Waals surface area (Å²) in [6.45, 7) is 15.6. The second-order valence-corrected chi connectivity index (χ2v) is 16.0. The summed E-state index contributed by atoms with van der Waals surface area (Å²) in [6.07, 6.45) is 27.3. The van der Waals surface area contributed by atoms with Crippen molar-refractivity contribution < 1.29 is 28.6 Å². The van der Waals surface area contributed by atoms with E-state index in [0.29, 0.717) is 13.0 Å². The Morgan fingerprint density at radius 3 is 1.98 bits per heavy atom. The van der Waals surface area contributed by atoms with Crippen LogP contribution in [0.2, 0.25) is 0 Å². The van der Waals surface area contributed by atoms with E-state index < -0.39 is 5.41 Å². The fraction of sp³-hybridized carbons (Fsp3) is 0.833. The number of esters is 3. The minimum Gasteiger partial charge on any atom is -0.465 e. The molecule has 2 saturated carbocycles. The van der Waals surface area contributed by atoms with E-state index in [-0.39, 0.29) is 53.9 Å². The van der Waals surface area contributed by atoms with Crippen molar-refractivity contribution in [3.8, 4) is 0 Å². The highest BCUT2D eigenvalue weighted by Crippen LogP contribution is 2.62. The summed E-state index contributed by atoms with van der Waals surface area (Å²) in [4.78, 5) is 36.9. The van der Waals surface area contributed by atoms with Gasteiger partial charge in [0.15, 0.2) is 0 Å². The zero-order chi connectivity index (χ0) is 35.7. The van der Waals surface area contributed by atoms with Gasteiger partial charge in [0.05, 0.1) is 5.57 Å². The Bertz CT molecular complexity index is 1090. The third kappa shape index (κ3) is 12.5. The van der Waals surface area contributed by atoms with Crippen molar-refractivity contribution >= 4 is 17.9 Å². The zero-order valence-corrected chi connectivity index (χ0v) is 32.0. The number of unbranched alkanes of at least 4 members (excludes halogenated alkanes) is 15. The van der Waals surface area contributed by atoms with Crippen molar-refractivity contribution in [2.24, 2.45) is 22.7 Å². The van der Waals surface area contributed by atoms with E-state index in [1.54, 1.807) is 0 Å². The third-order valence-electron chi connectivity index (χ3n) is 12.2. The van der Waals surface area contributed by atoms with Crippen LogP contribution in [-0.2, 0) is 28.6 Å². The first-order valence-electron chi connectivity index (χ1n) is 20.1. The molecule has 0 amide bonds. The maximum absolute atomic E-state index is 12.8. The molecule has 6 atom stereocenters. The van der Waals surface area contributed by atoms with Crippen LogP contribution in [0.3, 0.4) is 0 Å². The molecule has 7 heteroatoms. The van der Waals surface area contributed by atoms with Gasteiger partial charge in [-0.25, -0.2) is 4.79 Å². The Hall–Kier alpha value is -2.15. The molecule has 2 fully saturated rings. The van der Waals surface area contributed by atoms with Gasteiger partial charge in [-0.15, -0.1) is 0 Å². The predicted octanol–water partition coefficient (Wildman–Crippen LogP) is 9.96. The average Bonchev–Trinajstić information content (AvgIpc) is 3.49. The maximum atomic E-state index is 12.8. The van der Waals surface area contributed by atoms with Crippen molar-refractivity contribution in [3.05, 3.63) is 23.8 Å². The number of ether oxygens (including phenoxy) is 3. The number of nitrogens with one attached hydrogen (secondary N) is 1. The Morgan fingerprint density at radius 1 is 0.898 bits per heavy atom. The molecule has 1 unspecified atom stereocenters. The number of hydrogen-bond donors (Lipinski definition) is 1. The highest BCUT2D eigenvalue weighted by molar-refractivity contribution is 5.91. The standard InChI is InChI=1S/C42H71NO6/c1-7-8-9-10-11-12-13-14-15-16-17-18-19-20-21-22-28-43-37(35-26-29-47-40(35)46)30-36-32(2)23-24-38-41(36,5)27-25-39(49-34(4)45)42(38,6)31-48-33(3)44/h26,36-39,43H,2,7-25,27-31H2,1,3-6H3/t36-,37?,38+,39-,41+,42+/m1/s1. The van der Waals surface area contributed by atoms with Crippen LogP contribution in [0.5, 0.6) is 0 Å². The van der Waals surface area contributed by atoms with Crippen LogP contribution < -0.4 is 5.32 Å². The van der Waals surface area contributed by atoms with Gasteiger partial charge in [0.2, 0.25) is 0 Å². The van der Waals surface area contributed by atoms with Gasteiger partial charge in [-0.2, -0.15) is 0 Å². The number of rotatable bonds is 24. The number of hydrogen-bond acceptors (Lipinski definition) is 7. The summed E-state index contributed by atoms with van der Waals surface area (Å²) in [5.74, 6) is -0.510. The molecule has 49 heavy (non-hydrogen) atoms. The number of fused-ring (bicyclic) bond motifs is 1. The van der Waals surface area contributed by atoms with Gasteiger partial charge >= 0.3 is 17.9 Å². The summed E-state index contributed by atoms with van der Waals surface area (Å²) >= 11 is 0. The first-order valence-corrected chi connectivity index (χ1v) is 20.1. The molecule has 0 saturated heterocycles. The van der Waals surface area contributed by atoms with Crippen molar-refractivity contribution in [1.82, 2.24) is 5.32 Å². The lowest BCUT2D eigenvalue weighted by atomic mass is 9.46. The third-order valence-corrected chi connectivity index (χ3v) is 12.2. The topological polar surface area (TPSA) is 90.9 Å². The molecule has 280 valence electrons. The largest absolute Gasteiger partial charge is 0.465 e. The fourth-order valence-electron chi connectivity index (χ4n) is 9.41. The van der Waals surface area contributed by atoms with Gasteiger partial charge in [-0.05, 0) is 68.4 Å². The van der Waals surface area contributed by atoms with E-state index in [0.717, 1.165) is 44.2 Å².